The molecule has 6 heteroatoms. The van der Waals surface area contributed by atoms with Crippen molar-refractivity contribution in [2.24, 2.45) is 0 Å². The highest BCUT2D eigenvalue weighted by Crippen LogP contribution is 2.11. The summed E-state index contributed by atoms with van der Waals surface area (Å²) in [5.74, 6) is -0.431. The Balaban J connectivity index is 2.76. The van der Waals surface area contributed by atoms with Gasteiger partial charge in [0.2, 0.25) is 0 Å². The molecule has 5 nitrogen and oxygen atoms in total. The Kier molecular flexibility index (Phi) is 3.02. The summed E-state index contributed by atoms with van der Waals surface area (Å²) in [6, 6.07) is 1.50. The van der Waals surface area contributed by atoms with Gasteiger partial charge in [-0.3, -0.25) is 4.79 Å². The fourth-order valence-electron chi connectivity index (χ4n) is 0.817. The van der Waals surface area contributed by atoms with Gasteiger partial charge in [0.25, 0.3) is 0 Å². The van der Waals surface area contributed by atoms with Crippen molar-refractivity contribution in [1.82, 2.24) is 9.97 Å². The van der Waals surface area contributed by atoms with Gasteiger partial charge >= 0.3 is 5.97 Å². The van der Waals surface area contributed by atoms with E-state index in [0.29, 0.717) is 11.0 Å². The van der Waals surface area contributed by atoms with E-state index in [1.165, 1.54) is 17.3 Å². The summed E-state index contributed by atoms with van der Waals surface area (Å²) in [7, 11) is 1.62. The van der Waals surface area contributed by atoms with E-state index in [1.807, 2.05) is 0 Å². The molecule has 1 heterocycles. The number of halogens is 1. The summed E-state index contributed by atoms with van der Waals surface area (Å²) >= 11 is 5.60. The predicted octanol–water partition coefficient (Wildman–Crippen LogP) is 0.651. The van der Waals surface area contributed by atoms with Crippen LogP contribution in [0.3, 0.4) is 0 Å². The topological polar surface area (TPSA) is 66.3 Å². The molecule has 13 heavy (non-hydrogen) atoms. The maximum atomic E-state index is 10.3. The second-order valence-electron chi connectivity index (χ2n) is 2.45. The van der Waals surface area contributed by atoms with Gasteiger partial charge in [0.1, 0.15) is 23.8 Å². The van der Waals surface area contributed by atoms with E-state index in [1.54, 1.807) is 7.05 Å². The van der Waals surface area contributed by atoms with E-state index in [4.69, 9.17) is 16.7 Å². The van der Waals surface area contributed by atoms with Crippen molar-refractivity contribution in [3.8, 4) is 0 Å². The number of nitrogens with zero attached hydrogens (tertiary/aromatic N) is 3. The minimum atomic E-state index is -0.919. The van der Waals surface area contributed by atoms with E-state index in [2.05, 4.69) is 9.97 Å². The van der Waals surface area contributed by atoms with Gasteiger partial charge in [0.15, 0.2) is 0 Å². The van der Waals surface area contributed by atoms with E-state index < -0.39 is 5.97 Å². The predicted molar refractivity (Wildman–Crippen MR) is 47.9 cm³/mol. The first kappa shape index (κ1) is 9.73. The van der Waals surface area contributed by atoms with Crippen molar-refractivity contribution in [3.63, 3.8) is 0 Å². The zero-order valence-corrected chi connectivity index (χ0v) is 7.69. The van der Waals surface area contributed by atoms with Crippen LogP contribution >= 0.6 is 11.6 Å². The van der Waals surface area contributed by atoms with Crippen LogP contribution in [-0.4, -0.2) is 34.6 Å². The molecule has 1 aromatic heterocycles. The fraction of sp³-hybridized carbons (Fsp3) is 0.286. The van der Waals surface area contributed by atoms with Gasteiger partial charge in [0.05, 0.1) is 0 Å². The molecule has 0 radical (unpaired) electrons. The maximum Gasteiger partial charge on any atom is 0.323 e. The summed E-state index contributed by atoms with van der Waals surface area (Å²) < 4.78 is 0. The molecular weight excluding hydrogens is 194 g/mol. The van der Waals surface area contributed by atoms with Crippen LogP contribution in [0.5, 0.6) is 0 Å². The lowest BCUT2D eigenvalue weighted by Crippen LogP contribution is -2.25. The average molecular weight is 202 g/mol. The first-order valence-corrected chi connectivity index (χ1v) is 3.88. The van der Waals surface area contributed by atoms with Crippen molar-refractivity contribution >= 4 is 23.4 Å². The highest BCUT2D eigenvalue weighted by molar-refractivity contribution is 6.29. The number of aliphatic carboxylic acids is 1. The lowest BCUT2D eigenvalue weighted by Gasteiger charge is -2.14. The first-order valence-electron chi connectivity index (χ1n) is 3.50. The van der Waals surface area contributed by atoms with Crippen LogP contribution in [0.4, 0.5) is 5.82 Å². The van der Waals surface area contributed by atoms with Crippen LogP contribution in [0.25, 0.3) is 0 Å². The molecule has 0 aliphatic carbocycles. The minimum absolute atomic E-state index is 0.118. The first-order chi connectivity index (χ1) is 6.09. The number of carbonyl (C=O) groups is 1. The van der Waals surface area contributed by atoms with Gasteiger partial charge in [0, 0.05) is 13.1 Å². The molecule has 0 spiro atoms. The number of aromatic nitrogens is 2. The standard InChI is InChI=1S/C7H8ClN3O2/c1-11(3-7(12)13)6-2-5(8)9-4-10-6/h2,4H,3H2,1H3,(H,12,13). The maximum absolute atomic E-state index is 10.3. The van der Waals surface area contributed by atoms with Crippen LogP contribution in [0, 0.1) is 0 Å². The van der Waals surface area contributed by atoms with E-state index >= 15 is 0 Å². The van der Waals surface area contributed by atoms with Gasteiger partial charge in [-0.25, -0.2) is 9.97 Å². The van der Waals surface area contributed by atoms with Gasteiger partial charge in [-0.1, -0.05) is 11.6 Å². The molecule has 0 aliphatic rings. The molecule has 0 unspecified atom stereocenters. The number of hydrogen-bond acceptors (Lipinski definition) is 4. The Morgan fingerprint density at radius 2 is 2.38 bits per heavy atom. The molecule has 70 valence electrons. The second-order valence-corrected chi connectivity index (χ2v) is 2.84. The SMILES string of the molecule is CN(CC(=O)O)c1cc(Cl)ncn1. The largest absolute Gasteiger partial charge is 0.480 e. The fourth-order valence-corrected chi connectivity index (χ4v) is 0.958. The minimum Gasteiger partial charge on any atom is -0.480 e. The molecule has 0 amide bonds. The summed E-state index contributed by atoms with van der Waals surface area (Å²) in [6.07, 6.45) is 1.29. The van der Waals surface area contributed by atoms with E-state index in [-0.39, 0.29) is 6.54 Å². The number of carboxylic acids is 1. The lowest BCUT2D eigenvalue weighted by atomic mass is 10.5. The van der Waals surface area contributed by atoms with Crippen molar-refractivity contribution in [3.05, 3.63) is 17.5 Å². The molecule has 0 fully saturated rings. The third-order valence-electron chi connectivity index (χ3n) is 1.38. The molecular formula is C7H8ClN3O2. The zero-order valence-electron chi connectivity index (χ0n) is 6.94. The Bertz CT molecular complexity index is 318. The summed E-state index contributed by atoms with van der Waals surface area (Å²) in [4.78, 5) is 19.4. The highest BCUT2D eigenvalue weighted by atomic mass is 35.5. The van der Waals surface area contributed by atoms with Crippen LogP contribution in [0.1, 0.15) is 0 Å². The van der Waals surface area contributed by atoms with Crippen LogP contribution in [0.15, 0.2) is 12.4 Å². The normalized spacial score (nSPS) is 9.69. The van der Waals surface area contributed by atoms with Crippen molar-refractivity contribution in [2.45, 2.75) is 0 Å². The van der Waals surface area contributed by atoms with Gasteiger partial charge < -0.3 is 10.0 Å². The van der Waals surface area contributed by atoms with Gasteiger partial charge in [-0.05, 0) is 0 Å². The number of hydrogen-bond donors (Lipinski definition) is 1. The van der Waals surface area contributed by atoms with E-state index in [9.17, 15) is 4.79 Å². The number of anilines is 1. The van der Waals surface area contributed by atoms with Crippen molar-refractivity contribution < 1.29 is 9.90 Å². The number of rotatable bonds is 3. The quantitative estimate of drug-likeness (QED) is 0.728. The average Bonchev–Trinajstić information content (AvgIpc) is 2.03. The zero-order chi connectivity index (χ0) is 9.84. The molecule has 1 rings (SSSR count). The number of carboxylic acid groups (broad SMARTS) is 1. The molecule has 1 N–H and O–H groups in total. The van der Waals surface area contributed by atoms with Crippen LogP contribution < -0.4 is 4.90 Å². The summed E-state index contributed by atoms with van der Waals surface area (Å²) in [6.45, 7) is -0.118. The Hall–Kier alpha value is -1.36. The molecule has 0 atom stereocenters. The molecule has 0 bridgehead atoms. The molecule has 0 saturated carbocycles. The Morgan fingerprint density at radius 3 is 2.92 bits per heavy atom. The smallest absolute Gasteiger partial charge is 0.323 e. The Morgan fingerprint density at radius 1 is 1.69 bits per heavy atom. The molecule has 0 saturated heterocycles. The second kappa shape index (κ2) is 4.04. The van der Waals surface area contributed by atoms with Crippen molar-refractivity contribution in [2.75, 3.05) is 18.5 Å². The monoisotopic (exact) mass is 201 g/mol. The third-order valence-corrected chi connectivity index (χ3v) is 1.59. The molecule has 0 aromatic carbocycles. The summed E-state index contributed by atoms with van der Waals surface area (Å²) in [5, 5.41) is 8.79. The molecule has 1 aromatic rings. The molecule has 0 aliphatic heterocycles. The van der Waals surface area contributed by atoms with Crippen LogP contribution in [0.2, 0.25) is 5.15 Å². The third kappa shape index (κ3) is 2.87. The van der Waals surface area contributed by atoms with Crippen molar-refractivity contribution in [1.29, 1.82) is 0 Å². The Labute approximate surface area is 80.0 Å². The summed E-state index contributed by atoms with van der Waals surface area (Å²) in [5.41, 5.74) is 0. The highest BCUT2D eigenvalue weighted by Gasteiger charge is 2.06. The lowest BCUT2D eigenvalue weighted by molar-refractivity contribution is -0.135. The van der Waals surface area contributed by atoms with Gasteiger partial charge in [-0.15, -0.1) is 0 Å². The van der Waals surface area contributed by atoms with E-state index in [0.717, 1.165) is 0 Å². The number of likely N-dealkylation sites (N-methyl/N-ethyl adjacent to an activating group) is 1. The van der Waals surface area contributed by atoms with Gasteiger partial charge in [-0.2, -0.15) is 0 Å². The van der Waals surface area contributed by atoms with Crippen LogP contribution in [-0.2, 0) is 4.79 Å².